The Morgan fingerprint density at radius 1 is 1.03 bits per heavy atom. The molecular weight excluding hydrogens is 490 g/mol. The maximum absolute atomic E-state index is 13.2. The first-order valence-electron chi connectivity index (χ1n) is 14.1. The van der Waals surface area contributed by atoms with Gasteiger partial charge in [-0.25, -0.2) is 4.79 Å². The summed E-state index contributed by atoms with van der Waals surface area (Å²) in [4.78, 5) is 30.2. The van der Waals surface area contributed by atoms with Crippen LogP contribution in [0.2, 0.25) is 0 Å². The van der Waals surface area contributed by atoms with Gasteiger partial charge in [-0.2, -0.15) is 0 Å². The number of hydrogen-bond acceptors (Lipinski definition) is 5. The molecule has 7 heteroatoms. The topological polar surface area (TPSA) is 64.0 Å². The second-order valence-electron chi connectivity index (χ2n) is 11.5. The third kappa shape index (κ3) is 7.41. The van der Waals surface area contributed by atoms with E-state index in [-0.39, 0.29) is 23.3 Å². The summed E-state index contributed by atoms with van der Waals surface area (Å²) in [5.41, 5.74) is 2.86. The van der Waals surface area contributed by atoms with E-state index in [4.69, 9.17) is 9.47 Å². The largest absolute Gasteiger partial charge is 0.497 e. The molecule has 1 aliphatic heterocycles. The van der Waals surface area contributed by atoms with E-state index in [1.54, 1.807) is 13.2 Å². The van der Waals surface area contributed by atoms with Crippen molar-refractivity contribution < 1.29 is 14.3 Å². The Hall–Kier alpha value is -3.32. The molecule has 4 rings (SSSR count). The number of rotatable bonds is 9. The van der Waals surface area contributed by atoms with Crippen molar-refractivity contribution in [2.45, 2.75) is 71.6 Å². The fourth-order valence-corrected chi connectivity index (χ4v) is 5.37. The number of methoxy groups -OCH3 is 1. The van der Waals surface area contributed by atoms with Gasteiger partial charge in [-0.3, -0.25) is 4.79 Å². The Bertz CT molecular complexity index is 1300. The Labute approximate surface area is 232 Å². The maximum Gasteiger partial charge on any atom is 0.410 e. The van der Waals surface area contributed by atoms with Crippen LogP contribution in [0.25, 0.3) is 10.9 Å². The molecule has 0 bridgehead atoms. The minimum atomic E-state index is -0.304. The number of carbonyl (C=O) groups excluding carboxylic acids is 1. The van der Waals surface area contributed by atoms with Gasteiger partial charge < -0.3 is 23.8 Å². The normalized spacial score (nSPS) is 14.9. The molecule has 1 aromatic heterocycles. The summed E-state index contributed by atoms with van der Waals surface area (Å²) in [5, 5.41) is 1.06. The van der Waals surface area contributed by atoms with Crippen LogP contribution in [-0.2, 0) is 17.7 Å². The lowest BCUT2D eigenvalue weighted by molar-refractivity contribution is 0.0111. The molecule has 2 aromatic carbocycles. The number of benzene rings is 2. The summed E-state index contributed by atoms with van der Waals surface area (Å²) in [6, 6.07) is 18.0. The van der Waals surface area contributed by atoms with Gasteiger partial charge in [-0.05, 0) is 76.6 Å². The summed E-state index contributed by atoms with van der Waals surface area (Å²) in [5.74, 6) is 0.744. The van der Waals surface area contributed by atoms with E-state index in [1.165, 1.54) is 5.56 Å². The lowest BCUT2D eigenvalue weighted by Gasteiger charge is -2.37. The van der Waals surface area contributed by atoms with Crippen LogP contribution in [0, 0.1) is 6.92 Å². The quantitative estimate of drug-likeness (QED) is 0.356. The van der Waals surface area contributed by atoms with E-state index in [9.17, 15) is 9.59 Å². The molecule has 1 amide bonds. The molecule has 2 heterocycles. The van der Waals surface area contributed by atoms with Crippen LogP contribution >= 0.6 is 0 Å². The molecule has 0 aliphatic carbocycles. The monoisotopic (exact) mass is 533 g/mol. The summed E-state index contributed by atoms with van der Waals surface area (Å²) < 4.78 is 13.2. The van der Waals surface area contributed by atoms with Crippen molar-refractivity contribution in [3.8, 4) is 5.75 Å². The van der Waals surface area contributed by atoms with Crippen LogP contribution in [0.5, 0.6) is 5.75 Å². The first kappa shape index (κ1) is 28.7. The summed E-state index contributed by atoms with van der Waals surface area (Å²) in [7, 11) is 1.64. The van der Waals surface area contributed by atoms with Crippen molar-refractivity contribution >= 4 is 17.0 Å². The van der Waals surface area contributed by atoms with Crippen molar-refractivity contribution in [3.05, 3.63) is 76.1 Å². The molecule has 0 unspecified atom stereocenters. The number of ether oxygens (including phenoxy) is 2. The van der Waals surface area contributed by atoms with Gasteiger partial charge in [0.2, 0.25) is 0 Å². The average molecular weight is 534 g/mol. The summed E-state index contributed by atoms with van der Waals surface area (Å²) >= 11 is 0. The van der Waals surface area contributed by atoms with Crippen LogP contribution in [0.4, 0.5) is 4.79 Å². The number of fused-ring (bicyclic) bond motifs is 1. The van der Waals surface area contributed by atoms with Crippen LogP contribution in [0.1, 0.15) is 51.2 Å². The molecule has 0 radical (unpaired) electrons. The van der Waals surface area contributed by atoms with E-state index in [0.717, 1.165) is 67.5 Å². The van der Waals surface area contributed by atoms with Gasteiger partial charge in [-0.15, -0.1) is 0 Å². The molecule has 210 valence electrons. The Kier molecular flexibility index (Phi) is 9.33. The number of carbonyl (C=O) groups is 1. The number of nitrogens with zero attached hydrogens (tertiary/aromatic N) is 3. The van der Waals surface area contributed by atoms with Gasteiger partial charge in [-0.1, -0.05) is 30.3 Å². The van der Waals surface area contributed by atoms with Crippen molar-refractivity contribution in [2.24, 2.45) is 0 Å². The average Bonchev–Trinajstić information content (AvgIpc) is 2.91. The first-order valence-corrected chi connectivity index (χ1v) is 14.1. The van der Waals surface area contributed by atoms with Gasteiger partial charge in [0.15, 0.2) is 0 Å². The molecule has 0 saturated carbocycles. The Balaban J connectivity index is 1.30. The molecule has 0 N–H and O–H groups in total. The van der Waals surface area contributed by atoms with Crippen molar-refractivity contribution in [1.29, 1.82) is 0 Å². The van der Waals surface area contributed by atoms with Crippen molar-refractivity contribution in [1.82, 2.24) is 14.4 Å². The Morgan fingerprint density at radius 2 is 1.74 bits per heavy atom. The second kappa shape index (κ2) is 12.7. The highest BCUT2D eigenvalue weighted by Gasteiger charge is 2.30. The minimum absolute atomic E-state index is 0.00612. The number of aromatic nitrogens is 1. The maximum atomic E-state index is 13.2. The number of piperidine rings is 1. The molecule has 3 aromatic rings. The SMILES string of the molecule is COc1ccc2c(C)cc(=O)n(CCN3CCC(OC(=O)N(CCCc4ccccc4)C(C)(C)C)CC3)c2c1. The molecule has 0 spiro atoms. The van der Waals surface area contributed by atoms with E-state index >= 15 is 0 Å². The van der Waals surface area contributed by atoms with Gasteiger partial charge in [0.05, 0.1) is 12.6 Å². The van der Waals surface area contributed by atoms with Crippen LogP contribution < -0.4 is 10.3 Å². The lowest BCUT2D eigenvalue weighted by atomic mass is 10.0. The highest BCUT2D eigenvalue weighted by atomic mass is 16.6. The number of amides is 1. The van der Waals surface area contributed by atoms with Gasteiger partial charge in [0.25, 0.3) is 5.56 Å². The summed E-state index contributed by atoms with van der Waals surface area (Å²) in [6.45, 7) is 11.9. The third-order valence-corrected chi connectivity index (χ3v) is 7.69. The molecule has 0 atom stereocenters. The van der Waals surface area contributed by atoms with Crippen molar-refractivity contribution in [3.63, 3.8) is 0 Å². The van der Waals surface area contributed by atoms with E-state index < -0.39 is 0 Å². The first-order chi connectivity index (χ1) is 18.7. The smallest absolute Gasteiger partial charge is 0.410 e. The molecule has 1 aliphatic rings. The third-order valence-electron chi connectivity index (χ3n) is 7.69. The van der Waals surface area contributed by atoms with Crippen LogP contribution in [-0.4, -0.2) is 65.4 Å². The number of pyridine rings is 1. The Morgan fingerprint density at radius 3 is 2.41 bits per heavy atom. The number of aryl methyl sites for hydroxylation is 2. The molecule has 1 fully saturated rings. The van der Waals surface area contributed by atoms with Crippen LogP contribution in [0.15, 0.2) is 59.4 Å². The zero-order chi connectivity index (χ0) is 28.0. The van der Waals surface area contributed by atoms with E-state index in [2.05, 4.69) is 49.9 Å². The number of hydrogen-bond donors (Lipinski definition) is 0. The predicted molar refractivity (Wildman–Crippen MR) is 157 cm³/mol. The lowest BCUT2D eigenvalue weighted by Crippen LogP contribution is -2.48. The minimum Gasteiger partial charge on any atom is -0.497 e. The standard InChI is InChI=1S/C32H43N3O4/c1-24-22-30(36)34(29-23-27(38-5)13-14-28(24)29)21-20-33-18-15-26(16-19-33)39-31(37)35(32(2,3)4)17-9-12-25-10-7-6-8-11-25/h6-8,10-11,13-14,22-23,26H,9,12,15-21H2,1-5H3. The van der Waals surface area contributed by atoms with Crippen molar-refractivity contribution in [2.75, 3.05) is 33.3 Å². The second-order valence-corrected chi connectivity index (χ2v) is 11.5. The zero-order valence-corrected chi connectivity index (χ0v) is 24.1. The van der Waals surface area contributed by atoms with E-state index in [0.29, 0.717) is 13.1 Å². The predicted octanol–water partition coefficient (Wildman–Crippen LogP) is 5.65. The van der Waals surface area contributed by atoms with Gasteiger partial charge in [0.1, 0.15) is 11.9 Å². The molecular formula is C32H43N3O4. The molecule has 7 nitrogen and oxygen atoms in total. The molecule has 39 heavy (non-hydrogen) atoms. The van der Waals surface area contributed by atoms with E-state index in [1.807, 2.05) is 40.7 Å². The summed E-state index contributed by atoms with van der Waals surface area (Å²) in [6.07, 6.45) is 3.12. The highest BCUT2D eigenvalue weighted by molar-refractivity contribution is 5.83. The van der Waals surface area contributed by atoms with Gasteiger partial charge in [0, 0.05) is 55.8 Å². The zero-order valence-electron chi connectivity index (χ0n) is 24.1. The molecule has 1 saturated heterocycles. The van der Waals surface area contributed by atoms with Crippen LogP contribution in [0.3, 0.4) is 0 Å². The van der Waals surface area contributed by atoms with Gasteiger partial charge >= 0.3 is 6.09 Å². The highest BCUT2D eigenvalue weighted by Crippen LogP contribution is 2.23. The number of likely N-dealkylation sites (tertiary alicyclic amines) is 1. The fourth-order valence-electron chi connectivity index (χ4n) is 5.37. The fraction of sp³-hybridized carbons (Fsp3) is 0.500.